The van der Waals surface area contributed by atoms with Gasteiger partial charge in [0.1, 0.15) is 11.9 Å². The number of halogens is 1. The van der Waals surface area contributed by atoms with E-state index in [1.54, 1.807) is 6.07 Å². The first-order valence-corrected chi connectivity index (χ1v) is 6.22. The van der Waals surface area contributed by atoms with Gasteiger partial charge in [0.2, 0.25) is 0 Å². The summed E-state index contributed by atoms with van der Waals surface area (Å²) < 4.78 is 5.68. The van der Waals surface area contributed by atoms with E-state index in [9.17, 15) is 0 Å². The summed E-state index contributed by atoms with van der Waals surface area (Å²) in [6.45, 7) is 0.388. The molecule has 1 aromatic carbocycles. The number of hydrogen-bond donors (Lipinski definition) is 2. The third-order valence-electron chi connectivity index (χ3n) is 2.18. The van der Waals surface area contributed by atoms with E-state index in [0.29, 0.717) is 17.7 Å². The van der Waals surface area contributed by atoms with Gasteiger partial charge in [-0.05, 0) is 17.7 Å². The van der Waals surface area contributed by atoms with Crippen molar-refractivity contribution < 1.29 is 9.94 Å². The molecule has 0 aromatic heterocycles. The molecule has 5 heteroatoms. The molecule has 3 nitrogen and oxygen atoms in total. The lowest BCUT2D eigenvalue weighted by atomic mass is 10.2. The van der Waals surface area contributed by atoms with Gasteiger partial charge in [-0.2, -0.15) is 11.8 Å². The minimum atomic E-state index is 0.300. The summed E-state index contributed by atoms with van der Waals surface area (Å²) in [6, 6.07) is 5.53. The molecule has 0 bridgehead atoms. The normalized spacial score (nSPS) is 16.1. The number of nitrogens with one attached hydrogen (secondary N) is 1. The highest BCUT2D eigenvalue weighted by molar-refractivity contribution is 8.00. The van der Waals surface area contributed by atoms with Gasteiger partial charge < -0.3 is 9.94 Å². The molecule has 0 saturated carbocycles. The molecule has 1 aliphatic heterocycles. The molecule has 1 aliphatic rings. The van der Waals surface area contributed by atoms with E-state index in [2.05, 4.69) is 5.48 Å². The van der Waals surface area contributed by atoms with Crippen LogP contribution in [0.25, 0.3) is 0 Å². The zero-order valence-corrected chi connectivity index (χ0v) is 9.64. The van der Waals surface area contributed by atoms with E-state index in [1.165, 1.54) is 0 Å². The lowest BCUT2D eigenvalue weighted by Gasteiger charge is -2.26. The molecule has 2 N–H and O–H groups in total. The zero-order valence-electron chi connectivity index (χ0n) is 8.07. The SMILES string of the molecule is ONCc1ccc(OC2CSC2)c(Cl)c1. The lowest BCUT2D eigenvalue weighted by Crippen LogP contribution is -2.31. The quantitative estimate of drug-likeness (QED) is 0.799. The predicted octanol–water partition coefficient (Wildman–Crippen LogP) is 2.31. The van der Waals surface area contributed by atoms with E-state index in [4.69, 9.17) is 21.5 Å². The van der Waals surface area contributed by atoms with Gasteiger partial charge in [-0.25, -0.2) is 5.48 Å². The fourth-order valence-electron chi connectivity index (χ4n) is 1.30. The van der Waals surface area contributed by atoms with Crippen molar-refractivity contribution in [2.75, 3.05) is 11.5 Å². The minimum Gasteiger partial charge on any atom is -0.487 e. The summed E-state index contributed by atoms with van der Waals surface area (Å²) in [6.07, 6.45) is 0.300. The molecule has 2 rings (SSSR count). The maximum absolute atomic E-state index is 8.55. The zero-order chi connectivity index (χ0) is 10.7. The van der Waals surface area contributed by atoms with E-state index >= 15 is 0 Å². The van der Waals surface area contributed by atoms with Gasteiger partial charge in [0.25, 0.3) is 0 Å². The van der Waals surface area contributed by atoms with Crippen molar-refractivity contribution in [3.05, 3.63) is 28.8 Å². The highest BCUT2D eigenvalue weighted by Gasteiger charge is 2.20. The maximum atomic E-state index is 8.55. The van der Waals surface area contributed by atoms with Crippen molar-refractivity contribution in [1.29, 1.82) is 0 Å². The number of hydroxylamine groups is 1. The molecule has 0 atom stereocenters. The summed E-state index contributed by atoms with van der Waals surface area (Å²) in [5.41, 5.74) is 3.02. The van der Waals surface area contributed by atoms with Crippen molar-refractivity contribution in [3.8, 4) is 5.75 Å². The van der Waals surface area contributed by atoms with Crippen molar-refractivity contribution in [1.82, 2.24) is 5.48 Å². The topological polar surface area (TPSA) is 41.5 Å². The summed E-state index contributed by atoms with van der Waals surface area (Å²) in [7, 11) is 0. The Labute approximate surface area is 97.7 Å². The molecule has 0 unspecified atom stereocenters. The third-order valence-corrected chi connectivity index (χ3v) is 3.69. The Morgan fingerprint density at radius 3 is 2.87 bits per heavy atom. The van der Waals surface area contributed by atoms with Crippen LogP contribution in [0.4, 0.5) is 0 Å². The molecule has 1 heterocycles. The van der Waals surface area contributed by atoms with Gasteiger partial charge in [-0.3, -0.25) is 0 Å². The second kappa shape index (κ2) is 5.07. The Hall–Kier alpha value is -0.420. The van der Waals surface area contributed by atoms with Crippen LogP contribution in [-0.4, -0.2) is 22.8 Å². The first kappa shape index (κ1) is 11.1. The largest absolute Gasteiger partial charge is 0.487 e. The Balaban J connectivity index is 2.04. The smallest absolute Gasteiger partial charge is 0.138 e. The van der Waals surface area contributed by atoms with Crippen LogP contribution >= 0.6 is 23.4 Å². The van der Waals surface area contributed by atoms with Crippen LogP contribution < -0.4 is 10.2 Å². The van der Waals surface area contributed by atoms with Crippen LogP contribution in [0.5, 0.6) is 5.75 Å². The highest BCUT2D eigenvalue weighted by atomic mass is 35.5. The lowest BCUT2D eigenvalue weighted by molar-refractivity contribution is 0.161. The molecule has 0 spiro atoms. The van der Waals surface area contributed by atoms with Crippen molar-refractivity contribution >= 4 is 23.4 Å². The molecule has 1 fully saturated rings. The number of benzene rings is 1. The van der Waals surface area contributed by atoms with Crippen LogP contribution in [0.2, 0.25) is 5.02 Å². The number of rotatable bonds is 4. The molecule has 15 heavy (non-hydrogen) atoms. The highest BCUT2D eigenvalue weighted by Crippen LogP contribution is 2.30. The Morgan fingerprint density at radius 1 is 1.53 bits per heavy atom. The minimum absolute atomic E-state index is 0.300. The van der Waals surface area contributed by atoms with Crippen molar-refractivity contribution in [3.63, 3.8) is 0 Å². The Kier molecular flexibility index (Phi) is 3.75. The molecule has 82 valence electrons. The van der Waals surface area contributed by atoms with E-state index < -0.39 is 0 Å². The monoisotopic (exact) mass is 245 g/mol. The molecule has 1 aromatic rings. The summed E-state index contributed by atoms with van der Waals surface area (Å²) >= 11 is 7.92. The molecule has 0 aliphatic carbocycles. The summed E-state index contributed by atoms with van der Waals surface area (Å²) in [5, 5.41) is 9.14. The van der Waals surface area contributed by atoms with Gasteiger partial charge in [-0.1, -0.05) is 17.7 Å². The summed E-state index contributed by atoms with van der Waals surface area (Å²) in [5.74, 6) is 2.80. The van der Waals surface area contributed by atoms with E-state index in [0.717, 1.165) is 22.8 Å². The van der Waals surface area contributed by atoms with Crippen LogP contribution in [0, 0.1) is 0 Å². The van der Waals surface area contributed by atoms with Gasteiger partial charge in [0, 0.05) is 18.1 Å². The van der Waals surface area contributed by atoms with Gasteiger partial charge in [-0.15, -0.1) is 0 Å². The second-order valence-corrected chi connectivity index (χ2v) is 4.86. The Bertz CT molecular complexity index is 344. The first-order chi connectivity index (χ1) is 7.29. The van der Waals surface area contributed by atoms with Crippen molar-refractivity contribution in [2.24, 2.45) is 0 Å². The molecular formula is C10H12ClNO2S. The molecular weight excluding hydrogens is 234 g/mol. The summed E-state index contributed by atoms with van der Waals surface area (Å²) in [4.78, 5) is 0. The van der Waals surface area contributed by atoms with Crippen LogP contribution in [-0.2, 0) is 6.54 Å². The van der Waals surface area contributed by atoms with E-state index in [1.807, 2.05) is 23.9 Å². The van der Waals surface area contributed by atoms with Crippen LogP contribution in [0.15, 0.2) is 18.2 Å². The van der Waals surface area contributed by atoms with Crippen molar-refractivity contribution in [2.45, 2.75) is 12.6 Å². The second-order valence-electron chi connectivity index (χ2n) is 3.38. The van der Waals surface area contributed by atoms with E-state index in [-0.39, 0.29) is 0 Å². The number of ether oxygens (including phenoxy) is 1. The number of hydrogen-bond acceptors (Lipinski definition) is 4. The molecule has 0 radical (unpaired) electrons. The first-order valence-electron chi connectivity index (χ1n) is 4.69. The molecule has 0 amide bonds. The van der Waals surface area contributed by atoms with Gasteiger partial charge in [0.05, 0.1) is 5.02 Å². The van der Waals surface area contributed by atoms with Gasteiger partial charge in [0.15, 0.2) is 0 Å². The number of thioether (sulfide) groups is 1. The Morgan fingerprint density at radius 2 is 2.33 bits per heavy atom. The predicted molar refractivity (Wildman–Crippen MR) is 61.8 cm³/mol. The van der Waals surface area contributed by atoms with Crippen LogP contribution in [0.1, 0.15) is 5.56 Å². The third kappa shape index (κ3) is 2.78. The average molecular weight is 246 g/mol. The fraction of sp³-hybridized carbons (Fsp3) is 0.400. The van der Waals surface area contributed by atoms with Gasteiger partial charge >= 0.3 is 0 Å². The van der Waals surface area contributed by atoms with Crippen LogP contribution in [0.3, 0.4) is 0 Å². The fourth-order valence-corrected chi connectivity index (χ4v) is 2.11. The maximum Gasteiger partial charge on any atom is 0.138 e. The standard InChI is InChI=1S/C10H12ClNO2S/c11-9-3-7(4-12-13)1-2-10(9)14-8-5-15-6-8/h1-3,8,12-13H,4-6H2. The molecule has 1 saturated heterocycles. The average Bonchev–Trinajstić information content (AvgIpc) is 2.14.